The van der Waals surface area contributed by atoms with Crippen LogP contribution in [0.25, 0.3) is 0 Å². The topological polar surface area (TPSA) is 48.5 Å². The summed E-state index contributed by atoms with van der Waals surface area (Å²) in [4.78, 5) is 21.5. The number of benzene rings is 1. The minimum absolute atomic E-state index is 0.0216. The highest BCUT2D eigenvalue weighted by Gasteiger charge is 2.36. The van der Waals surface area contributed by atoms with Crippen LogP contribution in [0.15, 0.2) is 42.5 Å². The number of anilines is 2. The Morgan fingerprint density at radius 2 is 1.88 bits per heavy atom. The van der Waals surface area contributed by atoms with Gasteiger partial charge in [0.25, 0.3) is 0 Å². The van der Waals surface area contributed by atoms with Crippen LogP contribution in [0, 0.1) is 0 Å². The highest BCUT2D eigenvalue weighted by atomic mass is 35.5. The highest BCUT2D eigenvalue weighted by Crippen LogP contribution is 2.35. The number of hydrogen-bond donors (Lipinski definition) is 1. The van der Waals surface area contributed by atoms with E-state index in [0.29, 0.717) is 11.2 Å². The van der Waals surface area contributed by atoms with Gasteiger partial charge in [-0.25, -0.2) is 4.98 Å². The Labute approximate surface area is 159 Å². The Hall–Kier alpha value is -2.11. The van der Waals surface area contributed by atoms with Crippen molar-refractivity contribution in [2.45, 2.75) is 38.4 Å². The van der Waals surface area contributed by atoms with Gasteiger partial charge in [0.2, 0.25) is 5.91 Å². The van der Waals surface area contributed by atoms with Crippen molar-refractivity contribution in [3.8, 4) is 0 Å². The third kappa shape index (κ3) is 3.41. The van der Waals surface area contributed by atoms with E-state index in [1.807, 2.05) is 19.1 Å². The number of piperidine rings is 1. The maximum Gasteiger partial charge on any atom is 0.246 e. The highest BCUT2D eigenvalue weighted by molar-refractivity contribution is 6.29. The van der Waals surface area contributed by atoms with Crippen LogP contribution >= 0.6 is 11.6 Å². The second-order valence-corrected chi connectivity index (χ2v) is 7.46. The van der Waals surface area contributed by atoms with Crippen molar-refractivity contribution >= 4 is 29.0 Å². The molecule has 136 valence electrons. The number of carbonyl (C=O) groups excluding carboxylic acids is 1. The quantitative estimate of drug-likeness (QED) is 0.839. The van der Waals surface area contributed by atoms with Crippen molar-refractivity contribution in [1.82, 2.24) is 9.88 Å². The molecule has 2 aliphatic rings. The Kier molecular flexibility index (Phi) is 4.83. The molecule has 3 heterocycles. The first kappa shape index (κ1) is 17.3. The standard InChI is InChI=1S/C20H23ClN4O/c1-14-20(26)22-17-7-8-18(21)23-19(17)25(14)16-9-11-24(12-10-16)13-15-5-3-2-4-6-15/h2-8,14,16H,9-13H2,1H3,(H,22,26)/t14-/m1/s1. The second-order valence-electron chi connectivity index (χ2n) is 7.07. The number of nitrogens with zero attached hydrogens (tertiary/aromatic N) is 3. The molecular weight excluding hydrogens is 348 g/mol. The summed E-state index contributed by atoms with van der Waals surface area (Å²) in [5, 5.41) is 3.39. The summed E-state index contributed by atoms with van der Waals surface area (Å²) in [6.07, 6.45) is 2.02. The van der Waals surface area contributed by atoms with Crippen LogP contribution in [-0.4, -0.2) is 41.0 Å². The van der Waals surface area contributed by atoms with Gasteiger partial charge in [0, 0.05) is 25.7 Å². The van der Waals surface area contributed by atoms with E-state index in [4.69, 9.17) is 11.6 Å². The normalized spacial score (nSPS) is 21.4. The van der Waals surface area contributed by atoms with Gasteiger partial charge in [-0.2, -0.15) is 0 Å². The monoisotopic (exact) mass is 370 g/mol. The molecule has 0 spiro atoms. The summed E-state index contributed by atoms with van der Waals surface area (Å²) < 4.78 is 0. The molecule has 1 amide bonds. The molecule has 1 aromatic heterocycles. The predicted molar refractivity (Wildman–Crippen MR) is 105 cm³/mol. The number of aromatic nitrogens is 1. The lowest BCUT2D eigenvalue weighted by Crippen LogP contribution is -2.54. The minimum Gasteiger partial charge on any atom is -0.340 e. The molecule has 0 unspecified atom stereocenters. The van der Waals surface area contributed by atoms with Gasteiger partial charge in [-0.3, -0.25) is 9.69 Å². The molecule has 1 atom stereocenters. The van der Waals surface area contributed by atoms with Gasteiger partial charge in [-0.1, -0.05) is 41.9 Å². The average Bonchev–Trinajstić information content (AvgIpc) is 2.65. The van der Waals surface area contributed by atoms with Gasteiger partial charge >= 0.3 is 0 Å². The molecule has 5 nitrogen and oxygen atoms in total. The summed E-state index contributed by atoms with van der Waals surface area (Å²) in [5.41, 5.74) is 2.10. The number of carbonyl (C=O) groups is 1. The van der Waals surface area contributed by atoms with Crippen molar-refractivity contribution < 1.29 is 4.79 Å². The van der Waals surface area contributed by atoms with Crippen molar-refractivity contribution in [3.63, 3.8) is 0 Å². The van der Waals surface area contributed by atoms with E-state index in [1.165, 1.54) is 5.56 Å². The molecule has 0 radical (unpaired) electrons. The van der Waals surface area contributed by atoms with Gasteiger partial charge < -0.3 is 10.2 Å². The Bertz CT molecular complexity index is 790. The van der Waals surface area contributed by atoms with E-state index in [1.54, 1.807) is 6.07 Å². The third-order valence-electron chi connectivity index (χ3n) is 5.34. The van der Waals surface area contributed by atoms with Crippen molar-refractivity contribution in [3.05, 3.63) is 53.2 Å². The summed E-state index contributed by atoms with van der Waals surface area (Å²) in [5.74, 6) is 0.819. The molecule has 0 saturated carbocycles. The van der Waals surface area contributed by atoms with E-state index in [9.17, 15) is 4.79 Å². The molecule has 26 heavy (non-hydrogen) atoms. The maximum absolute atomic E-state index is 12.4. The molecule has 2 aromatic rings. The van der Waals surface area contributed by atoms with E-state index in [-0.39, 0.29) is 11.9 Å². The van der Waals surface area contributed by atoms with Crippen molar-refractivity contribution in [1.29, 1.82) is 0 Å². The molecule has 0 aliphatic carbocycles. The molecule has 1 saturated heterocycles. The van der Waals surface area contributed by atoms with Crippen molar-refractivity contribution in [2.75, 3.05) is 23.3 Å². The zero-order chi connectivity index (χ0) is 18.1. The van der Waals surface area contributed by atoms with Crippen molar-refractivity contribution in [2.24, 2.45) is 0 Å². The minimum atomic E-state index is -0.237. The molecule has 6 heteroatoms. The summed E-state index contributed by atoms with van der Waals surface area (Å²) in [6.45, 7) is 4.95. The lowest BCUT2D eigenvalue weighted by atomic mass is 9.99. The second kappa shape index (κ2) is 7.25. The number of rotatable bonds is 3. The van der Waals surface area contributed by atoms with E-state index in [0.717, 1.165) is 44.0 Å². The molecule has 1 fully saturated rings. The Morgan fingerprint density at radius 1 is 1.15 bits per heavy atom. The maximum atomic E-state index is 12.4. The molecule has 0 bridgehead atoms. The number of hydrogen-bond acceptors (Lipinski definition) is 4. The van der Waals surface area contributed by atoms with Crippen LogP contribution < -0.4 is 10.2 Å². The Morgan fingerprint density at radius 3 is 2.62 bits per heavy atom. The fourth-order valence-electron chi connectivity index (χ4n) is 3.95. The van der Waals surface area contributed by atoms with Crippen LogP contribution in [-0.2, 0) is 11.3 Å². The number of nitrogens with one attached hydrogen (secondary N) is 1. The molecule has 2 aliphatic heterocycles. The number of pyridine rings is 1. The van der Waals surface area contributed by atoms with Crippen LogP contribution in [0.3, 0.4) is 0 Å². The summed E-state index contributed by atoms with van der Waals surface area (Å²) in [7, 11) is 0. The lowest BCUT2D eigenvalue weighted by molar-refractivity contribution is -0.117. The fraction of sp³-hybridized carbons (Fsp3) is 0.400. The van der Waals surface area contributed by atoms with Crippen LogP contribution in [0.4, 0.5) is 11.5 Å². The smallest absolute Gasteiger partial charge is 0.246 e. The number of likely N-dealkylation sites (tertiary alicyclic amines) is 1. The summed E-state index contributed by atoms with van der Waals surface area (Å²) in [6, 6.07) is 14.2. The van der Waals surface area contributed by atoms with Gasteiger partial charge in [-0.05, 0) is 37.5 Å². The van der Waals surface area contributed by atoms with E-state index >= 15 is 0 Å². The lowest BCUT2D eigenvalue weighted by Gasteiger charge is -2.44. The molecule has 1 N–H and O–H groups in total. The van der Waals surface area contributed by atoms with Gasteiger partial charge in [0.15, 0.2) is 5.82 Å². The van der Waals surface area contributed by atoms with Crippen LogP contribution in [0.2, 0.25) is 5.15 Å². The molecule has 1 aromatic carbocycles. The van der Waals surface area contributed by atoms with E-state index < -0.39 is 0 Å². The first-order valence-electron chi connectivity index (χ1n) is 9.14. The van der Waals surface area contributed by atoms with Gasteiger partial charge in [0.1, 0.15) is 11.2 Å². The number of halogens is 1. The predicted octanol–water partition coefficient (Wildman–Crippen LogP) is 3.55. The Balaban J connectivity index is 1.48. The van der Waals surface area contributed by atoms with Crippen LogP contribution in [0.1, 0.15) is 25.3 Å². The molecule has 4 rings (SSSR count). The first-order chi connectivity index (χ1) is 12.6. The summed E-state index contributed by atoms with van der Waals surface area (Å²) >= 11 is 6.12. The zero-order valence-corrected chi connectivity index (χ0v) is 15.6. The third-order valence-corrected chi connectivity index (χ3v) is 5.55. The zero-order valence-electron chi connectivity index (χ0n) is 14.9. The van der Waals surface area contributed by atoms with E-state index in [2.05, 4.69) is 44.4 Å². The largest absolute Gasteiger partial charge is 0.340 e. The van der Waals surface area contributed by atoms with Gasteiger partial charge in [-0.15, -0.1) is 0 Å². The number of amides is 1. The fourth-order valence-corrected chi connectivity index (χ4v) is 4.10. The SMILES string of the molecule is C[C@@H]1C(=O)Nc2ccc(Cl)nc2N1C1CCN(Cc2ccccc2)CC1. The number of fused-ring (bicyclic) bond motifs is 1. The first-order valence-corrected chi connectivity index (χ1v) is 9.51. The average molecular weight is 371 g/mol. The van der Waals surface area contributed by atoms with Crippen LogP contribution in [0.5, 0.6) is 0 Å². The molecular formula is C20H23ClN4O. The van der Waals surface area contributed by atoms with Gasteiger partial charge in [0.05, 0.1) is 5.69 Å².